The summed E-state index contributed by atoms with van der Waals surface area (Å²) in [6.45, 7) is 6.00. The number of hydrogen-bond acceptors (Lipinski definition) is 5. The normalized spacial score (nSPS) is 14.2. The summed E-state index contributed by atoms with van der Waals surface area (Å²) in [4.78, 5) is 16.5. The van der Waals surface area contributed by atoms with Crippen molar-refractivity contribution in [3.63, 3.8) is 0 Å². The molecule has 1 aliphatic rings. The summed E-state index contributed by atoms with van der Waals surface area (Å²) in [5, 5.41) is 2.80. The van der Waals surface area contributed by atoms with Crippen LogP contribution in [0.4, 0.5) is 17.1 Å². The molecule has 26 heavy (non-hydrogen) atoms. The van der Waals surface area contributed by atoms with Crippen LogP contribution < -0.4 is 25.6 Å². The summed E-state index contributed by atoms with van der Waals surface area (Å²) in [5.41, 5.74) is 9.56. The van der Waals surface area contributed by atoms with Crippen molar-refractivity contribution in [1.82, 2.24) is 5.32 Å². The van der Waals surface area contributed by atoms with Gasteiger partial charge in [0.2, 0.25) is 0 Å². The second-order valence-corrected chi connectivity index (χ2v) is 6.28. The predicted octanol–water partition coefficient (Wildman–Crippen LogP) is 2.35. The van der Waals surface area contributed by atoms with E-state index >= 15 is 0 Å². The van der Waals surface area contributed by atoms with Gasteiger partial charge in [-0.25, -0.2) is 0 Å². The first-order valence-electron chi connectivity index (χ1n) is 8.94. The third kappa shape index (κ3) is 3.69. The molecular weight excluding hydrogens is 328 g/mol. The standard InChI is InChI=1S/C20H26N4O2/c1-3-22-20(25)15-8-9-17(16(21)14-15)23-10-12-24(13-11-23)18-6-4-5-7-19(18)26-2/h4-9,14H,3,10-13,21H2,1-2H3,(H,22,25). The zero-order valence-electron chi connectivity index (χ0n) is 15.4. The Morgan fingerprint density at radius 1 is 1.08 bits per heavy atom. The molecule has 1 aliphatic heterocycles. The van der Waals surface area contributed by atoms with Gasteiger partial charge in [0.1, 0.15) is 5.75 Å². The van der Waals surface area contributed by atoms with E-state index in [0.717, 1.165) is 43.3 Å². The van der Waals surface area contributed by atoms with Gasteiger partial charge in [-0.1, -0.05) is 12.1 Å². The molecule has 0 spiro atoms. The number of hydrogen-bond donors (Lipinski definition) is 2. The number of methoxy groups -OCH3 is 1. The topological polar surface area (TPSA) is 70.8 Å². The number of nitrogens with one attached hydrogen (secondary N) is 1. The van der Waals surface area contributed by atoms with Crippen LogP contribution in [0.25, 0.3) is 0 Å². The van der Waals surface area contributed by atoms with Gasteiger partial charge in [-0.15, -0.1) is 0 Å². The van der Waals surface area contributed by atoms with Gasteiger partial charge < -0.3 is 25.6 Å². The molecule has 0 radical (unpaired) electrons. The molecule has 3 rings (SSSR count). The van der Waals surface area contributed by atoms with Gasteiger partial charge in [-0.3, -0.25) is 4.79 Å². The Labute approximate surface area is 154 Å². The van der Waals surface area contributed by atoms with Crippen molar-refractivity contribution in [1.29, 1.82) is 0 Å². The summed E-state index contributed by atoms with van der Waals surface area (Å²) in [7, 11) is 1.70. The molecule has 6 nitrogen and oxygen atoms in total. The van der Waals surface area contributed by atoms with Gasteiger partial charge in [0, 0.05) is 38.3 Å². The Morgan fingerprint density at radius 3 is 2.35 bits per heavy atom. The number of benzene rings is 2. The van der Waals surface area contributed by atoms with Crippen LogP contribution in [0.5, 0.6) is 5.75 Å². The summed E-state index contributed by atoms with van der Waals surface area (Å²) < 4.78 is 5.47. The van der Waals surface area contributed by atoms with Gasteiger partial charge in [-0.05, 0) is 37.3 Å². The number of rotatable bonds is 5. The van der Waals surface area contributed by atoms with E-state index in [2.05, 4.69) is 21.2 Å². The molecule has 0 bridgehead atoms. The number of nitrogens with zero attached hydrogens (tertiary/aromatic N) is 2. The summed E-state index contributed by atoms with van der Waals surface area (Å²) in [6.07, 6.45) is 0. The molecule has 1 fully saturated rings. The van der Waals surface area contributed by atoms with Gasteiger partial charge in [-0.2, -0.15) is 0 Å². The second kappa shape index (κ2) is 7.99. The average molecular weight is 354 g/mol. The van der Waals surface area contributed by atoms with Crippen molar-refractivity contribution < 1.29 is 9.53 Å². The predicted molar refractivity (Wildman–Crippen MR) is 106 cm³/mol. The second-order valence-electron chi connectivity index (χ2n) is 6.28. The van der Waals surface area contributed by atoms with Crippen LogP contribution in [-0.4, -0.2) is 45.7 Å². The van der Waals surface area contributed by atoms with Gasteiger partial charge in [0.15, 0.2) is 0 Å². The lowest BCUT2D eigenvalue weighted by Gasteiger charge is -2.38. The van der Waals surface area contributed by atoms with Crippen LogP contribution in [0.15, 0.2) is 42.5 Å². The molecule has 1 amide bonds. The number of nitrogens with two attached hydrogens (primary N) is 1. The number of piperazine rings is 1. The highest BCUT2D eigenvalue weighted by Crippen LogP contribution is 2.30. The third-order valence-electron chi connectivity index (χ3n) is 4.67. The van der Waals surface area contributed by atoms with Gasteiger partial charge >= 0.3 is 0 Å². The van der Waals surface area contributed by atoms with Crippen LogP contribution in [0, 0.1) is 0 Å². The van der Waals surface area contributed by atoms with Crippen molar-refractivity contribution >= 4 is 23.0 Å². The van der Waals surface area contributed by atoms with E-state index in [0.29, 0.717) is 17.8 Å². The molecule has 1 saturated heterocycles. The van der Waals surface area contributed by atoms with E-state index < -0.39 is 0 Å². The number of nitrogen functional groups attached to an aromatic ring is 1. The van der Waals surface area contributed by atoms with E-state index in [4.69, 9.17) is 10.5 Å². The van der Waals surface area contributed by atoms with Crippen molar-refractivity contribution in [3.8, 4) is 5.75 Å². The number of amides is 1. The highest BCUT2D eigenvalue weighted by Gasteiger charge is 2.21. The van der Waals surface area contributed by atoms with Crippen molar-refractivity contribution in [2.75, 3.05) is 55.4 Å². The molecule has 0 saturated carbocycles. The molecular formula is C20H26N4O2. The van der Waals surface area contributed by atoms with Crippen LogP contribution in [0.2, 0.25) is 0 Å². The first-order valence-corrected chi connectivity index (χ1v) is 8.94. The lowest BCUT2D eigenvalue weighted by molar-refractivity contribution is 0.0956. The number of carbonyl (C=O) groups excluding carboxylic acids is 1. The van der Waals surface area contributed by atoms with Crippen LogP contribution in [0.1, 0.15) is 17.3 Å². The van der Waals surface area contributed by atoms with Crippen LogP contribution in [-0.2, 0) is 0 Å². The molecule has 2 aromatic rings. The zero-order valence-corrected chi connectivity index (χ0v) is 15.4. The fourth-order valence-corrected chi connectivity index (χ4v) is 3.33. The fourth-order valence-electron chi connectivity index (χ4n) is 3.33. The van der Waals surface area contributed by atoms with E-state index in [1.54, 1.807) is 13.2 Å². The lowest BCUT2D eigenvalue weighted by atomic mass is 10.1. The summed E-state index contributed by atoms with van der Waals surface area (Å²) >= 11 is 0. The number of carbonyl (C=O) groups is 1. The number of para-hydroxylation sites is 2. The smallest absolute Gasteiger partial charge is 0.251 e. The molecule has 3 N–H and O–H groups in total. The molecule has 2 aromatic carbocycles. The van der Waals surface area contributed by atoms with Crippen molar-refractivity contribution in [2.45, 2.75) is 6.92 Å². The lowest BCUT2D eigenvalue weighted by Crippen LogP contribution is -2.46. The monoisotopic (exact) mass is 354 g/mol. The summed E-state index contributed by atoms with van der Waals surface area (Å²) in [5.74, 6) is 0.804. The minimum Gasteiger partial charge on any atom is -0.495 e. The molecule has 0 atom stereocenters. The SMILES string of the molecule is CCNC(=O)c1ccc(N2CCN(c3ccccc3OC)CC2)c(N)c1. The van der Waals surface area contributed by atoms with Crippen LogP contribution >= 0.6 is 0 Å². The molecule has 1 heterocycles. The maximum Gasteiger partial charge on any atom is 0.251 e. The zero-order chi connectivity index (χ0) is 18.5. The van der Waals surface area contributed by atoms with Crippen molar-refractivity contribution in [3.05, 3.63) is 48.0 Å². The Morgan fingerprint density at radius 2 is 1.73 bits per heavy atom. The van der Waals surface area contributed by atoms with Crippen molar-refractivity contribution in [2.24, 2.45) is 0 Å². The van der Waals surface area contributed by atoms with E-state index in [-0.39, 0.29) is 5.91 Å². The first-order chi connectivity index (χ1) is 12.6. The van der Waals surface area contributed by atoms with Gasteiger partial charge in [0.25, 0.3) is 5.91 Å². The Kier molecular flexibility index (Phi) is 5.51. The molecule has 0 unspecified atom stereocenters. The minimum absolute atomic E-state index is 0.0910. The van der Waals surface area contributed by atoms with E-state index in [1.165, 1.54) is 0 Å². The van der Waals surface area contributed by atoms with E-state index in [9.17, 15) is 4.79 Å². The third-order valence-corrected chi connectivity index (χ3v) is 4.67. The summed E-state index contributed by atoms with van der Waals surface area (Å²) in [6, 6.07) is 13.6. The highest BCUT2D eigenvalue weighted by atomic mass is 16.5. The number of ether oxygens (including phenoxy) is 1. The minimum atomic E-state index is -0.0910. The Bertz CT molecular complexity index is 770. The Hall–Kier alpha value is -2.89. The Balaban J connectivity index is 1.69. The quantitative estimate of drug-likeness (QED) is 0.807. The fraction of sp³-hybridized carbons (Fsp3) is 0.350. The molecule has 0 aliphatic carbocycles. The highest BCUT2D eigenvalue weighted by molar-refractivity contribution is 5.96. The molecule has 138 valence electrons. The van der Waals surface area contributed by atoms with Crippen LogP contribution in [0.3, 0.4) is 0 Å². The van der Waals surface area contributed by atoms with E-state index in [1.807, 2.05) is 37.3 Å². The largest absolute Gasteiger partial charge is 0.495 e. The number of anilines is 3. The molecule has 6 heteroatoms. The van der Waals surface area contributed by atoms with Gasteiger partial charge in [0.05, 0.1) is 24.2 Å². The maximum absolute atomic E-state index is 11.9. The maximum atomic E-state index is 11.9. The first kappa shape index (κ1) is 17.9. The average Bonchev–Trinajstić information content (AvgIpc) is 2.68. The molecule has 0 aromatic heterocycles.